The normalized spacial score (nSPS) is 12.4. The topological polar surface area (TPSA) is 115 Å². The van der Waals surface area contributed by atoms with Crippen LogP contribution < -0.4 is 4.80 Å². The molecule has 180 valence electrons. The largest absolute Gasteiger partial charge is 0.319 e. The summed E-state index contributed by atoms with van der Waals surface area (Å²) in [4.78, 5) is 27.9. The molecule has 4 rings (SSSR count). The van der Waals surface area contributed by atoms with E-state index in [2.05, 4.69) is 4.99 Å². The van der Waals surface area contributed by atoms with Crippen LogP contribution in [0.4, 0.5) is 5.69 Å². The van der Waals surface area contributed by atoms with Gasteiger partial charge >= 0.3 is 0 Å². The fourth-order valence-corrected chi connectivity index (χ4v) is 6.05. The number of rotatable bonds is 7. The van der Waals surface area contributed by atoms with Gasteiger partial charge in [-0.05, 0) is 35.9 Å². The van der Waals surface area contributed by atoms with Gasteiger partial charge in [-0.1, -0.05) is 48.6 Å². The molecule has 35 heavy (non-hydrogen) atoms. The number of fused-ring (bicyclic) bond motifs is 1. The molecule has 0 spiro atoms. The number of carbonyl (C=O) groups is 1. The van der Waals surface area contributed by atoms with Crippen molar-refractivity contribution in [2.24, 2.45) is 12.0 Å². The Morgan fingerprint density at radius 3 is 2.40 bits per heavy atom. The van der Waals surface area contributed by atoms with Crippen LogP contribution in [0.2, 0.25) is 0 Å². The molecule has 9 nitrogen and oxygen atoms in total. The van der Waals surface area contributed by atoms with Crippen LogP contribution in [-0.2, 0) is 23.6 Å². The number of hydrogen-bond donors (Lipinski definition) is 0. The Hall–Kier alpha value is -3.67. The maximum absolute atomic E-state index is 13.1. The predicted molar refractivity (Wildman–Crippen MR) is 133 cm³/mol. The molecule has 0 bridgehead atoms. The first-order valence-corrected chi connectivity index (χ1v) is 12.9. The van der Waals surface area contributed by atoms with E-state index >= 15 is 0 Å². The number of nitrogens with zero attached hydrogens (tertiary/aromatic N) is 4. The lowest BCUT2D eigenvalue weighted by molar-refractivity contribution is -0.384. The van der Waals surface area contributed by atoms with Crippen molar-refractivity contribution in [3.8, 4) is 0 Å². The first-order valence-electron chi connectivity index (χ1n) is 10.7. The fourth-order valence-electron chi connectivity index (χ4n) is 3.57. The standard InChI is InChI=1S/C24H22N4O5S2/c1-3-27(16-17-7-5-4-6-8-17)35(32,33)20-12-9-18(10-13-20)23(29)25-24-26(2)21-14-11-19(28(30)31)15-22(21)34-24/h4-15H,3,16H2,1-2H3. The highest BCUT2D eigenvalue weighted by molar-refractivity contribution is 7.89. The molecule has 0 aliphatic heterocycles. The monoisotopic (exact) mass is 510 g/mol. The number of hydrogen-bond acceptors (Lipinski definition) is 6. The molecule has 0 aliphatic rings. The number of sulfonamides is 1. The molecule has 0 saturated heterocycles. The molecule has 3 aromatic carbocycles. The van der Waals surface area contributed by atoms with Gasteiger partial charge in [-0.2, -0.15) is 9.30 Å². The molecular weight excluding hydrogens is 488 g/mol. The summed E-state index contributed by atoms with van der Waals surface area (Å²) in [5.74, 6) is -0.540. The summed E-state index contributed by atoms with van der Waals surface area (Å²) < 4.78 is 29.9. The second-order valence-corrected chi connectivity index (χ2v) is 10.7. The Morgan fingerprint density at radius 1 is 1.09 bits per heavy atom. The SMILES string of the molecule is CCN(Cc1ccccc1)S(=O)(=O)c1ccc(C(=O)N=c2sc3cc([N+](=O)[O-])ccc3n2C)cc1. The lowest BCUT2D eigenvalue weighted by Gasteiger charge is -2.20. The highest BCUT2D eigenvalue weighted by atomic mass is 32.2. The zero-order chi connectivity index (χ0) is 25.2. The molecular formula is C24H22N4O5S2. The van der Waals surface area contributed by atoms with Crippen molar-refractivity contribution in [3.63, 3.8) is 0 Å². The van der Waals surface area contributed by atoms with E-state index in [1.54, 1.807) is 24.6 Å². The molecule has 1 amide bonds. The number of non-ortho nitro benzene ring substituents is 1. The van der Waals surface area contributed by atoms with Crippen molar-refractivity contribution in [2.75, 3.05) is 6.54 Å². The van der Waals surface area contributed by atoms with Gasteiger partial charge in [-0.15, -0.1) is 0 Å². The Bertz CT molecular complexity index is 1570. The maximum atomic E-state index is 13.1. The van der Waals surface area contributed by atoms with E-state index < -0.39 is 20.9 Å². The summed E-state index contributed by atoms with van der Waals surface area (Å²) in [5.41, 5.74) is 1.79. The van der Waals surface area contributed by atoms with Crippen LogP contribution in [0.25, 0.3) is 10.2 Å². The molecule has 11 heteroatoms. The maximum Gasteiger partial charge on any atom is 0.279 e. The molecule has 0 radical (unpaired) electrons. The number of benzene rings is 3. The van der Waals surface area contributed by atoms with Crippen LogP contribution in [0.15, 0.2) is 82.7 Å². The summed E-state index contributed by atoms with van der Waals surface area (Å²) in [6, 6.07) is 19.5. The third-order valence-electron chi connectivity index (χ3n) is 5.49. The predicted octanol–water partition coefficient (Wildman–Crippen LogP) is 4.10. The molecule has 0 unspecified atom stereocenters. The van der Waals surface area contributed by atoms with Crippen molar-refractivity contribution >= 4 is 43.2 Å². The van der Waals surface area contributed by atoms with E-state index in [1.165, 1.54) is 40.7 Å². The highest BCUT2D eigenvalue weighted by Crippen LogP contribution is 2.23. The van der Waals surface area contributed by atoms with Crippen LogP contribution in [0.1, 0.15) is 22.8 Å². The van der Waals surface area contributed by atoms with E-state index in [0.29, 0.717) is 21.6 Å². The van der Waals surface area contributed by atoms with Crippen LogP contribution >= 0.6 is 11.3 Å². The quantitative estimate of drug-likeness (QED) is 0.274. The van der Waals surface area contributed by atoms with Gasteiger partial charge < -0.3 is 4.57 Å². The van der Waals surface area contributed by atoms with E-state index in [-0.39, 0.29) is 22.7 Å². The minimum atomic E-state index is -3.75. The van der Waals surface area contributed by atoms with Crippen molar-refractivity contribution in [1.29, 1.82) is 0 Å². The van der Waals surface area contributed by atoms with Crippen molar-refractivity contribution in [2.45, 2.75) is 18.4 Å². The average molecular weight is 511 g/mol. The van der Waals surface area contributed by atoms with E-state index in [1.807, 2.05) is 30.3 Å². The Morgan fingerprint density at radius 2 is 1.77 bits per heavy atom. The molecule has 1 heterocycles. The molecule has 0 N–H and O–H groups in total. The van der Waals surface area contributed by atoms with Gasteiger partial charge in [0.25, 0.3) is 11.6 Å². The summed E-state index contributed by atoms with van der Waals surface area (Å²) in [5, 5.41) is 11.0. The lowest BCUT2D eigenvalue weighted by atomic mass is 10.2. The summed E-state index contributed by atoms with van der Waals surface area (Å²) in [6.45, 7) is 2.32. The minimum absolute atomic E-state index is 0.0394. The average Bonchev–Trinajstić information content (AvgIpc) is 3.17. The van der Waals surface area contributed by atoms with Crippen LogP contribution in [-0.4, -0.2) is 34.7 Å². The third kappa shape index (κ3) is 5.06. The molecule has 0 aliphatic carbocycles. The zero-order valence-electron chi connectivity index (χ0n) is 19.0. The van der Waals surface area contributed by atoms with Crippen molar-refractivity contribution in [3.05, 3.63) is 98.8 Å². The summed E-state index contributed by atoms with van der Waals surface area (Å²) in [6.07, 6.45) is 0. The fraction of sp³-hybridized carbons (Fsp3) is 0.167. The van der Waals surface area contributed by atoms with E-state index in [4.69, 9.17) is 0 Å². The van der Waals surface area contributed by atoms with Crippen LogP contribution in [0.3, 0.4) is 0 Å². The highest BCUT2D eigenvalue weighted by Gasteiger charge is 2.23. The minimum Gasteiger partial charge on any atom is -0.319 e. The number of aromatic nitrogens is 1. The number of amides is 1. The van der Waals surface area contributed by atoms with Gasteiger partial charge in [0.2, 0.25) is 10.0 Å². The molecule has 4 aromatic rings. The summed E-state index contributed by atoms with van der Waals surface area (Å²) in [7, 11) is -2.03. The van der Waals surface area contributed by atoms with Gasteiger partial charge in [0, 0.05) is 37.8 Å². The second-order valence-electron chi connectivity index (χ2n) is 7.71. The molecule has 1 aromatic heterocycles. The first kappa shape index (κ1) is 24.5. The van der Waals surface area contributed by atoms with Crippen LogP contribution in [0.5, 0.6) is 0 Å². The number of nitro benzene ring substituents is 1. The first-order chi connectivity index (χ1) is 16.7. The van der Waals surface area contributed by atoms with Crippen molar-refractivity contribution in [1.82, 2.24) is 8.87 Å². The van der Waals surface area contributed by atoms with Gasteiger partial charge in [-0.25, -0.2) is 8.42 Å². The van der Waals surface area contributed by atoms with Gasteiger partial charge in [0.05, 0.1) is 20.0 Å². The third-order valence-corrected chi connectivity index (χ3v) is 8.52. The second kappa shape index (κ2) is 9.90. The number of carbonyl (C=O) groups excluding carboxylic acids is 1. The summed E-state index contributed by atoms with van der Waals surface area (Å²) >= 11 is 1.16. The molecule has 0 fully saturated rings. The van der Waals surface area contributed by atoms with Gasteiger partial charge in [-0.3, -0.25) is 14.9 Å². The van der Waals surface area contributed by atoms with Gasteiger partial charge in [0.15, 0.2) is 4.80 Å². The molecule has 0 saturated carbocycles. The van der Waals surface area contributed by atoms with Gasteiger partial charge in [0.1, 0.15) is 0 Å². The Labute approximate surface area is 205 Å². The number of aryl methyl sites for hydroxylation is 1. The number of nitro groups is 1. The van der Waals surface area contributed by atoms with Crippen LogP contribution in [0, 0.1) is 10.1 Å². The van der Waals surface area contributed by atoms with Crippen molar-refractivity contribution < 1.29 is 18.1 Å². The molecule has 0 atom stereocenters. The Kier molecular flexibility index (Phi) is 6.92. The zero-order valence-corrected chi connectivity index (χ0v) is 20.6. The smallest absolute Gasteiger partial charge is 0.279 e. The lowest BCUT2D eigenvalue weighted by Crippen LogP contribution is -2.30. The van der Waals surface area contributed by atoms with E-state index in [0.717, 1.165) is 16.9 Å². The Balaban J connectivity index is 1.59. The number of thiazole rings is 1. The van der Waals surface area contributed by atoms with E-state index in [9.17, 15) is 23.3 Å².